The first-order valence-corrected chi connectivity index (χ1v) is 12.8. The Hall–Kier alpha value is -4.25. The molecule has 3 aromatic rings. The standard InChI is InChI=1S/C23H22F3N7O3S/c1-4-36-16-7-8-18(29-15(16)11-27)32-23(2)10-14(19-21(33-23)31-22(30-19)20(25)26)28-13-6-5-12(24)9-17(13)37(3,34)35/h5-10,20,28,33H,4H2,1-3H3,(H,29,32)(H,30,31). The molecule has 1 aliphatic rings. The van der Waals surface area contributed by atoms with Gasteiger partial charge in [-0.2, -0.15) is 5.26 Å². The van der Waals surface area contributed by atoms with Crippen LogP contribution in [0.3, 0.4) is 0 Å². The number of nitrogens with zero attached hydrogens (tertiary/aromatic N) is 3. The van der Waals surface area contributed by atoms with Crippen LogP contribution in [-0.4, -0.2) is 41.9 Å². The molecule has 14 heteroatoms. The number of hydrogen-bond acceptors (Lipinski definition) is 9. The highest BCUT2D eigenvalue weighted by Gasteiger charge is 2.33. The Morgan fingerprint density at radius 2 is 2.00 bits per heavy atom. The van der Waals surface area contributed by atoms with Gasteiger partial charge in [0.15, 0.2) is 32.9 Å². The summed E-state index contributed by atoms with van der Waals surface area (Å²) < 4.78 is 70.7. The molecule has 0 fully saturated rings. The van der Waals surface area contributed by atoms with Crippen molar-refractivity contribution in [2.45, 2.75) is 30.8 Å². The molecule has 0 saturated heterocycles. The van der Waals surface area contributed by atoms with E-state index < -0.39 is 33.6 Å². The molecule has 10 nitrogen and oxygen atoms in total. The molecular formula is C23H22F3N7O3S. The Bertz CT molecular complexity index is 1530. The summed E-state index contributed by atoms with van der Waals surface area (Å²) in [5.41, 5.74) is -0.813. The monoisotopic (exact) mass is 533 g/mol. The number of sulfone groups is 1. The summed E-state index contributed by atoms with van der Waals surface area (Å²) in [6.07, 6.45) is -0.421. The number of fused-ring (bicyclic) bond motifs is 1. The Labute approximate surface area is 210 Å². The SMILES string of the molecule is CCOc1ccc(NC2(C)C=C(Nc3ccc(F)cc3S(C)(=O)=O)c3[nH]c(C(F)F)nc3N2)nc1C#N. The van der Waals surface area contributed by atoms with Crippen LogP contribution in [-0.2, 0) is 9.84 Å². The van der Waals surface area contributed by atoms with Gasteiger partial charge in [0, 0.05) is 6.26 Å². The lowest BCUT2D eigenvalue weighted by Crippen LogP contribution is -2.44. The Morgan fingerprint density at radius 3 is 2.65 bits per heavy atom. The number of anilines is 3. The van der Waals surface area contributed by atoms with Gasteiger partial charge in [0.1, 0.15) is 29.1 Å². The Balaban J connectivity index is 1.77. The topological polar surface area (TPSA) is 145 Å². The summed E-state index contributed by atoms with van der Waals surface area (Å²) in [4.78, 5) is 10.4. The number of nitrogens with one attached hydrogen (secondary N) is 4. The predicted octanol–water partition coefficient (Wildman–Crippen LogP) is 4.26. The second-order valence-corrected chi connectivity index (χ2v) is 10.3. The number of pyridine rings is 1. The van der Waals surface area contributed by atoms with Crippen LogP contribution in [0.25, 0.3) is 5.70 Å². The lowest BCUT2D eigenvalue weighted by Gasteiger charge is -2.34. The van der Waals surface area contributed by atoms with E-state index in [-0.39, 0.29) is 39.3 Å². The number of aromatic amines is 1. The van der Waals surface area contributed by atoms with Crippen LogP contribution < -0.4 is 20.7 Å². The van der Waals surface area contributed by atoms with Crippen molar-refractivity contribution in [2.75, 3.05) is 28.8 Å². The van der Waals surface area contributed by atoms with Crippen molar-refractivity contribution in [2.24, 2.45) is 0 Å². The fourth-order valence-corrected chi connectivity index (χ4v) is 4.62. The van der Waals surface area contributed by atoms with E-state index in [1.807, 2.05) is 6.07 Å². The molecule has 0 saturated carbocycles. The molecule has 1 aromatic carbocycles. The van der Waals surface area contributed by atoms with Crippen molar-refractivity contribution in [3.05, 3.63) is 59.4 Å². The highest BCUT2D eigenvalue weighted by atomic mass is 32.2. The molecule has 0 spiro atoms. The second kappa shape index (κ2) is 9.66. The Morgan fingerprint density at radius 1 is 1.24 bits per heavy atom. The fraction of sp³-hybridized carbons (Fsp3) is 0.261. The van der Waals surface area contributed by atoms with Crippen LogP contribution in [0.5, 0.6) is 5.75 Å². The number of hydrogen-bond donors (Lipinski definition) is 4. The maximum atomic E-state index is 13.8. The summed E-state index contributed by atoms with van der Waals surface area (Å²) in [5.74, 6) is -0.755. The average molecular weight is 534 g/mol. The van der Waals surface area contributed by atoms with E-state index in [0.717, 1.165) is 18.4 Å². The lowest BCUT2D eigenvalue weighted by atomic mass is 10.0. The van der Waals surface area contributed by atoms with Crippen molar-refractivity contribution in [3.63, 3.8) is 0 Å². The smallest absolute Gasteiger partial charge is 0.295 e. The van der Waals surface area contributed by atoms with Gasteiger partial charge in [-0.15, -0.1) is 0 Å². The molecule has 0 amide bonds. The van der Waals surface area contributed by atoms with Gasteiger partial charge in [0.25, 0.3) is 6.43 Å². The average Bonchev–Trinajstić information content (AvgIpc) is 3.24. The van der Waals surface area contributed by atoms with Gasteiger partial charge < -0.3 is 25.7 Å². The van der Waals surface area contributed by atoms with E-state index in [1.54, 1.807) is 32.1 Å². The van der Waals surface area contributed by atoms with Crippen molar-refractivity contribution in [1.29, 1.82) is 5.26 Å². The van der Waals surface area contributed by atoms with E-state index in [2.05, 4.69) is 30.9 Å². The first kappa shape index (κ1) is 25.8. The molecule has 37 heavy (non-hydrogen) atoms. The molecule has 0 bridgehead atoms. The normalized spacial score (nSPS) is 16.9. The minimum Gasteiger partial charge on any atom is -0.491 e. The summed E-state index contributed by atoms with van der Waals surface area (Å²) in [6, 6.07) is 8.27. The van der Waals surface area contributed by atoms with E-state index in [4.69, 9.17) is 4.74 Å². The van der Waals surface area contributed by atoms with Gasteiger partial charge in [0.2, 0.25) is 0 Å². The highest BCUT2D eigenvalue weighted by molar-refractivity contribution is 7.90. The quantitative estimate of drug-likeness (QED) is 0.334. The molecule has 0 radical (unpaired) electrons. The van der Waals surface area contributed by atoms with Crippen molar-refractivity contribution >= 4 is 32.9 Å². The summed E-state index contributed by atoms with van der Waals surface area (Å²) in [7, 11) is -3.85. The molecule has 2 aromatic heterocycles. The minimum atomic E-state index is -3.85. The van der Waals surface area contributed by atoms with Gasteiger partial charge in [-0.05, 0) is 50.3 Å². The van der Waals surface area contributed by atoms with Crippen molar-refractivity contribution in [1.82, 2.24) is 15.0 Å². The molecule has 0 aliphatic carbocycles. The van der Waals surface area contributed by atoms with Crippen LogP contribution in [0.15, 0.2) is 41.3 Å². The molecule has 4 rings (SSSR count). The minimum absolute atomic E-state index is 0.0319. The van der Waals surface area contributed by atoms with Gasteiger partial charge >= 0.3 is 0 Å². The number of rotatable bonds is 8. The third-order valence-corrected chi connectivity index (χ3v) is 6.41. The molecule has 1 aliphatic heterocycles. The van der Waals surface area contributed by atoms with Gasteiger partial charge in [-0.25, -0.2) is 31.6 Å². The number of H-pyrrole nitrogens is 1. The van der Waals surface area contributed by atoms with Crippen LogP contribution in [0.1, 0.15) is 37.5 Å². The van der Waals surface area contributed by atoms with Crippen molar-refractivity contribution in [3.8, 4) is 11.8 Å². The maximum absolute atomic E-state index is 13.8. The summed E-state index contributed by atoms with van der Waals surface area (Å²) >= 11 is 0. The number of halogens is 3. The number of imidazole rings is 1. The Kier molecular flexibility index (Phi) is 6.74. The van der Waals surface area contributed by atoms with E-state index in [0.29, 0.717) is 12.4 Å². The molecule has 1 unspecified atom stereocenters. The molecule has 1 atom stereocenters. The van der Waals surface area contributed by atoms with Gasteiger partial charge in [0.05, 0.1) is 22.9 Å². The second-order valence-electron chi connectivity index (χ2n) is 8.28. The van der Waals surface area contributed by atoms with Crippen LogP contribution >= 0.6 is 0 Å². The van der Waals surface area contributed by atoms with Gasteiger partial charge in [-0.3, -0.25) is 0 Å². The number of ether oxygens (including phenoxy) is 1. The lowest BCUT2D eigenvalue weighted by molar-refractivity contribution is 0.141. The summed E-state index contributed by atoms with van der Waals surface area (Å²) in [5, 5.41) is 18.4. The van der Waals surface area contributed by atoms with Gasteiger partial charge in [-0.1, -0.05) is 0 Å². The molecule has 4 N–H and O–H groups in total. The first-order valence-electron chi connectivity index (χ1n) is 10.9. The number of benzene rings is 1. The zero-order chi connectivity index (χ0) is 27.0. The predicted molar refractivity (Wildman–Crippen MR) is 130 cm³/mol. The van der Waals surface area contributed by atoms with Crippen LogP contribution in [0.4, 0.5) is 30.5 Å². The number of nitriles is 1. The largest absolute Gasteiger partial charge is 0.491 e. The van der Waals surface area contributed by atoms with E-state index in [9.17, 15) is 26.9 Å². The highest BCUT2D eigenvalue weighted by Crippen LogP contribution is 2.36. The van der Waals surface area contributed by atoms with E-state index in [1.165, 1.54) is 6.07 Å². The third-order valence-electron chi connectivity index (χ3n) is 5.27. The number of alkyl halides is 2. The maximum Gasteiger partial charge on any atom is 0.295 e. The molecule has 3 heterocycles. The molecular weight excluding hydrogens is 511 g/mol. The van der Waals surface area contributed by atoms with Crippen LogP contribution in [0.2, 0.25) is 0 Å². The third kappa shape index (κ3) is 5.46. The fourth-order valence-electron chi connectivity index (χ4n) is 3.77. The zero-order valence-corrected chi connectivity index (χ0v) is 20.7. The first-order chi connectivity index (χ1) is 17.4. The van der Waals surface area contributed by atoms with Crippen LogP contribution in [0, 0.1) is 17.1 Å². The zero-order valence-electron chi connectivity index (χ0n) is 19.9. The van der Waals surface area contributed by atoms with Crippen molar-refractivity contribution < 1.29 is 26.3 Å². The molecule has 194 valence electrons. The summed E-state index contributed by atoms with van der Waals surface area (Å²) in [6.45, 7) is 3.76. The van der Waals surface area contributed by atoms with E-state index >= 15 is 0 Å². The number of aromatic nitrogens is 3.